The number of hydrogen-bond acceptors (Lipinski definition) is 3. The first kappa shape index (κ1) is 15.6. The third-order valence-electron chi connectivity index (χ3n) is 2.96. The fourth-order valence-corrected chi connectivity index (χ4v) is 1.80. The van der Waals surface area contributed by atoms with Crippen LogP contribution in [0.5, 0.6) is 0 Å². The maximum absolute atomic E-state index is 13.3. The van der Waals surface area contributed by atoms with Crippen LogP contribution >= 0.6 is 0 Å². The number of hydrogen-bond donors (Lipinski definition) is 1. The molecule has 0 saturated carbocycles. The largest absolute Gasteiger partial charge is 0.478 e. The molecule has 1 aromatic rings. The van der Waals surface area contributed by atoms with Crippen molar-refractivity contribution in [1.29, 1.82) is 0 Å². The summed E-state index contributed by atoms with van der Waals surface area (Å²) in [4.78, 5) is 13.0. The minimum Gasteiger partial charge on any atom is -0.478 e. The lowest BCUT2D eigenvalue weighted by Gasteiger charge is -2.26. The minimum absolute atomic E-state index is 0.284. The highest BCUT2D eigenvalue weighted by atomic mass is 19.1. The Bertz CT molecular complexity index is 435. The van der Waals surface area contributed by atoms with Gasteiger partial charge in [-0.1, -0.05) is 6.07 Å². The minimum atomic E-state index is -1.24. The molecule has 1 N–H and O–H groups in total. The quantitative estimate of drug-likeness (QED) is 0.825. The number of rotatable bonds is 7. The molecule has 4 nitrogen and oxygen atoms in total. The molecule has 0 aliphatic carbocycles. The van der Waals surface area contributed by atoms with Crippen molar-refractivity contribution in [3.8, 4) is 0 Å². The van der Waals surface area contributed by atoms with Crippen molar-refractivity contribution in [2.75, 3.05) is 20.3 Å². The molecule has 0 saturated heterocycles. The molecule has 0 aliphatic rings. The lowest BCUT2D eigenvalue weighted by Crippen LogP contribution is -2.33. The van der Waals surface area contributed by atoms with E-state index in [0.717, 1.165) is 12.1 Å². The van der Waals surface area contributed by atoms with Crippen molar-refractivity contribution in [3.05, 3.63) is 35.1 Å². The molecule has 0 aromatic heterocycles. The molecule has 0 spiro atoms. The van der Waals surface area contributed by atoms with Crippen LogP contribution in [0, 0.1) is 5.82 Å². The lowest BCUT2D eigenvalue weighted by atomic mass is 10.1. The van der Waals surface area contributed by atoms with E-state index in [2.05, 4.69) is 18.7 Å². The summed E-state index contributed by atoms with van der Waals surface area (Å²) in [6, 6.07) is 4.51. The van der Waals surface area contributed by atoms with Gasteiger partial charge in [-0.25, -0.2) is 9.18 Å². The van der Waals surface area contributed by atoms with Crippen LogP contribution < -0.4 is 0 Å². The van der Waals surface area contributed by atoms with E-state index < -0.39 is 11.8 Å². The highest BCUT2D eigenvalue weighted by molar-refractivity contribution is 5.88. The number of carboxylic acids is 1. The van der Waals surface area contributed by atoms with Crippen molar-refractivity contribution in [1.82, 2.24) is 4.90 Å². The van der Waals surface area contributed by atoms with Crippen molar-refractivity contribution in [2.24, 2.45) is 0 Å². The van der Waals surface area contributed by atoms with Gasteiger partial charge in [-0.05, 0) is 31.5 Å². The van der Waals surface area contributed by atoms with Gasteiger partial charge in [0.25, 0.3) is 0 Å². The molecule has 0 aliphatic heterocycles. The molecule has 0 atom stereocenters. The predicted octanol–water partition coefficient (Wildman–Crippen LogP) is 2.38. The van der Waals surface area contributed by atoms with Gasteiger partial charge in [-0.15, -0.1) is 0 Å². The van der Waals surface area contributed by atoms with Gasteiger partial charge in [0.15, 0.2) is 0 Å². The smallest absolute Gasteiger partial charge is 0.338 e. The van der Waals surface area contributed by atoms with Gasteiger partial charge in [0.05, 0.1) is 12.2 Å². The second-order valence-electron chi connectivity index (χ2n) is 4.68. The zero-order valence-electron chi connectivity index (χ0n) is 11.5. The van der Waals surface area contributed by atoms with E-state index in [0.29, 0.717) is 19.2 Å². The summed E-state index contributed by atoms with van der Waals surface area (Å²) in [5.74, 6) is -1.95. The number of carboxylic acid groups (broad SMARTS) is 1. The summed E-state index contributed by atoms with van der Waals surface area (Å²) in [5.41, 5.74) is 0.497. The van der Waals surface area contributed by atoms with Crippen molar-refractivity contribution in [3.63, 3.8) is 0 Å². The zero-order chi connectivity index (χ0) is 14.4. The van der Waals surface area contributed by atoms with Gasteiger partial charge in [-0.3, -0.25) is 4.90 Å². The molecule has 0 amide bonds. The molecule has 106 valence electrons. The zero-order valence-corrected chi connectivity index (χ0v) is 11.5. The molecule has 0 unspecified atom stereocenters. The van der Waals surface area contributed by atoms with Gasteiger partial charge in [0.1, 0.15) is 5.82 Å². The summed E-state index contributed by atoms with van der Waals surface area (Å²) in [6.07, 6.45) is 0. The van der Waals surface area contributed by atoms with Gasteiger partial charge >= 0.3 is 5.97 Å². The molecule has 0 bridgehead atoms. The Morgan fingerprint density at radius 3 is 2.68 bits per heavy atom. The van der Waals surface area contributed by atoms with Crippen LogP contribution in [0.4, 0.5) is 4.39 Å². The van der Waals surface area contributed by atoms with Gasteiger partial charge < -0.3 is 9.84 Å². The molecule has 5 heteroatoms. The van der Waals surface area contributed by atoms with E-state index >= 15 is 0 Å². The second kappa shape index (κ2) is 7.21. The maximum Gasteiger partial charge on any atom is 0.338 e. The monoisotopic (exact) mass is 269 g/mol. The Labute approximate surface area is 112 Å². The Kier molecular flexibility index (Phi) is 5.92. The van der Waals surface area contributed by atoms with E-state index in [1.54, 1.807) is 13.2 Å². The van der Waals surface area contributed by atoms with Crippen LogP contribution in [0.25, 0.3) is 0 Å². The summed E-state index contributed by atoms with van der Waals surface area (Å²) >= 11 is 0. The number of benzene rings is 1. The Hall–Kier alpha value is -1.46. The maximum atomic E-state index is 13.3. The Morgan fingerprint density at radius 2 is 2.16 bits per heavy atom. The standard InChI is InChI=1S/C14H20FNO3/c1-10(2)16(6-7-19-3)9-11-4-5-13(15)12(8-11)14(17)18/h4-5,8,10H,6-7,9H2,1-3H3,(H,17,18). The predicted molar refractivity (Wildman–Crippen MR) is 70.8 cm³/mol. The fourth-order valence-electron chi connectivity index (χ4n) is 1.80. The fraction of sp³-hybridized carbons (Fsp3) is 0.500. The molecule has 0 fully saturated rings. The van der Waals surface area contributed by atoms with Crippen LogP contribution in [0.3, 0.4) is 0 Å². The van der Waals surface area contributed by atoms with Crippen LogP contribution in [0.15, 0.2) is 18.2 Å². The number of methoxy groups -OCH3 is 1. The average Bonchev–Trinajstić information content (AvgIpc) is 2.35. The molecular weight excluding hydrogens is 249 g/mol. The molecule has 0 radical (unpaired) electrons. The van der Waals surface area contributed by atoms with Gasteiger partial charge in [0.2, 0.25) is 0 Å². The number of carbonyl (C=O) groups is 1. The number of nitrogens with zero attached hydrogens (tertiary/aromatic N) is 1. The lowest BCUT2D eigenvalue weighted by molar-refractivity contribution is 0.0691. The first-order chi connectivity index (χ1) is 8.95. The van der Waals surface area contributed by atoms with E-state index in [4.69, 9.17) is 9.84 Å². The molecular formula is C14H20FNO3. The molecule has 1 rings (SSSR count). The number of ether oxygens (including phenoxy) is 1. The Balaban J connectivity index is 2.84. The van der Waals surface area contributed by atoms with Crippen LogP contribution in [0.1, 0.15) is 29.8 Å². The van der Waals surface area contributed by atoms with Crippen LogP contribution in [0.2, 0.25) is 0 Å². The first-order valence-electron chi connectivity index (χ1n) is 6.20. The van der Waals surface area contributed by atoms with E-state index in [-0.39, 0.29) is 5.56 Å². The summed E-state index contributed by atoms with van der Waals surface area (Å²) in [7, 11) is 1.64. The van der Waals surface area contributed by atoms with E-state index in [9.17, 15) is 9.18 Å². The summed E-state index contributed by atoms with van der Waals surface area (Å²) in [6.45, 7) is 6.02. The highest BCUT2D eigenvalue weighted by Crippen LogP contribution is 2.14. The first-order valence-corrected chi connectivity index (χ1v) is 6.20. The average molecular weight is 269 g/mol. The molecule has 19 heavy (non-hydrogen) atoms. The topological polar surface area (TPSA) is 49.8 Å². The van der Waals surface area contributed by atoms with Gasteiger partial charge in [-0.2, -0.15) is 0 Å². The van der Waals surface area contributed by atoms with E-state index in [1.165, 1.54) is 12.1 Å². The van der Waals surface area contributed by atoms with E-state index in [1.807, 2.05) is 0 Å². The summed E-state index contributed by atoms with van der Waals surface area (Å²) < 4.78 is 18.4. The Morgan fingerprint density at radius 1 is 1.47 bits per heavy atom. The number of halogens is 1. The SMILES string of the molecule is COCCN(Cc1ccc(F)c(C(=O)O)c1)C(C)C. The van der Waals surface area contributed by atoms with Crippen molar-refractivity contribution < 1.29 is 19.0 Å². The van der Waals surface area contributed by atoms with Crippen LogP contribution in [-0.4, -0.2) is 42.3 Å². The summed E-state index contributed by atoms with van der Waals surface area (Å²) in [5, 5.41) is 8.90. The van der Waals surface area contributed by atoms with Gasteiger partial charge in [0, 0.05) is 26.2 Å². The highest BCUT2D eigenvalue weighted by Gasteiger charge is 2.14. The molecule has 0 heterocycles. The third kappa shape index (κ3) is 4.61. The van der Waals surface area contributed by atoms with Crippen LogP contribution in [-0.2, 0) is 11.3 Å². The number of aromatic carboxylic acids is 1. The van der Waals surface area contributed by atoms with Crippen molar-refractivity contribution in [2.45, 2.75) is 26.4 Å². The second-order valence-corrected chi connectivity index (χ2v) is 4.68. The normalized spacial score (nSPS) is 11.3. The molecule has 1 aromatic carbocycles. The third-order valence-corrected chi connectivity index (χ3v) is 2.96. The van der Waals surface area contributed by atoms with Crippen molar-refractivity contribution >= 4 is 5.97 Å².